The van der Waals surface area contributed by atoms with Gasteiger partial charge in [-0.15, -0.1) is 0 Å². The molecule has 2 aromatic carbocycles. The van der Waals surface area contributed by atoms with Gasteiger partial charge in [-0.25, -0.2) is 4.98 Å². The highest BCUT2D eigenvalue weighted by molar-refractivity contribution is 5.94. The van der Waals surface area contributed by atoms with Crippen molar-refractivity contribution >= 4 is 28.5 Å². The Balaban J connectivity index is 1.76. The van der Waals surface area contributed by atoms with Crippen LogP contribution in [-0.2, 0) is 7.05 Å². The van der Waals surface area contributed by atoms with E-state index in [1.807, 2.05) is 49.9 Å². The summed E-state index contributed by atoms with van der Waals surface area (Å²) in [6, 6.07) is 14.7. The van der Waals surface area contributed by atoms with Crippen LogP contribution in [-0.4, -0.2) is 20.3 Å². The number of nitrogens with zero attached hydrogens (tertiary/aromatic N) is 4. The first-order chi connectivity index (χ1) is 14.9. The van der Waals surface area contributed by atoms with Crippen molar-refractivity contribution in [3.63, 3.8) is 0 Å². The Morgan fingerprint density at radius 1 is 1.10 bits per heavy atom. The normalized spacial score (nSPS) is 10.7. The lowest BCUT2D eigenvalue weighted by Gasteiger charge is -2.15. The number of anilines is 2. The molecule has 0 spiro atoms. The third kappa shape index (κ3) is 3.96. The van der Waals surface area contributed by atoms with E-state index in [4.69, 9.17) is 10.00 Å². The minimum atomic E-state index is 0.0125. The molecule has 0 atom stereocenters. The summed E-state index contributed by atoms with van der Waals surface area (Å²) in [7, 11) is 1.91. The van der Waals surface area contributed by atoms with Crippen LogP contribution in [0.4, 0.5) is 11.6 Å². The van der Waals surface area contributed by atoms with Crippen LogP contribution < -0.4 is 10.1 Å². The number of fused-ring (bicyclic) bond motifs is 1. The molecule has 4 aromatic rings. The fourth-order valence-corrected chi connectivity index (χ4v) is 3.45. The molecule has 0 fully saturated rings. The second-order valence-electron chi connectivity index (χ2n) is 7.42. The van der Waals surface area contributed by atoms with E-state index < -0.39 is 0 Å². The zero-order valence-corrected chi connectivity index (χ0v) is 17.7. The molecule has 7 nitrogen and oxygen atoms in total. The monoisotopic (exact) mass is 411 g/mol. The summed E-state index contributed by atoms with van der Waals surface area (Å²) < 4.78 is 8.18. The van der Waals surface area contributed by atoms with Crippen LogP contribution in [0.5, 0.6) is 11.6 Å². The van der Waals surface area contributed by atoms with Gasteiger partial charge < -0.3 is 14.6 Å². The standard InChI is InChI=1S/C24H21N5O2/c1-14-11-18(16(3)30)12-15(2)22(14)31-23-21-20(9-10-29(21)4)27-24(28-23)26-19-7-5-17(13-25)6-8-19/h5-12H,1-4H3,(H,26,27,28). The minimum Gasteiger partial charge on any atom is -0.436 e. The lowest BCUT2D eigenvalue weighted by atomic mass is 10.0. The molecular formula is C24H21N5O2. The van der Waals surface area contributed by atoms with E-state index in [0.29, 0.717) is 28.7 Å². The van der Waals surface area contributed by atoms with E-state index in [0.717, 1.165) is 27.8 Å². The molecule has 31 heavy (non-hydrogen) atoms. The number of ether oxygens (including phenoxy) is 1. The molecule has 0 aliphatic rings. The fourth-order valence-electron chi connectivity index (χ4n) is 3.45. The molecule has 2 heterocycles. The van der Waals surface area contributed by atoms with E-state index >= 15 is 0 Å². The maximum Gasteiger partial charge on any atom is 0.249 e. The van der Waals surface area contributed by atoms with E-state index in [1.165, 1.54) is 0 Å². The number of carbonyl (C=O) groups is 1. The lowest BCUT2D eigenvalue weighted by Crippen LogP contribution is -2.03. The van der Waals surface area contributed by atoms with E-state index in [2.05, 4.69) is 21.4 Å². The number of rotatable bonds is 5. The van der Waals surface area contributed by atoms with Crippen LogP contribution in [0.25, 0.3) is 11.0 Å². The van der Waals surface area contributed by atoms with Crippen molar-refractivity contribution in [1.82, 2.24) is 14.5 Å². The maximum absolute atomic E-state index is 11.8. The van der Waals surface area contributed by atoms with Crippen LogP contribution in [0.1, 0.15) is 34.0 Å². The molecule has 154 valence electrons. The molecule has 7 heteroatoms. The minimum absolute atomic E-state index is 0.0125. The number of nitrogens with one attached hydrogen (secondary N) is 1. The van der Waals surface area contributed by atoms with Crippen molar-refractivity contribution in [3.05, 3.63) is 70.9 Å². The maximum atomic E-state index is 11.8. The van der Waals surface area contributed by atoms with Gasteiger partial charge in [0.15, 0.2) is 5.78 Å². The molecule has 0 saturated heterocycles. The van der Waals surface area contributed by atoms with Crippen LogP contribution in [0.3, 0.4) is 0 Å². The molecule has 0 radical (unpaired) electrons. The number of nitriles is 1. The van der Waals surface area contributed by atoms with Crippen LogP contribution in [0.15, 0.2) is 48.7 Å². The lowest BCUT2D eigenvalue weighted by molar-refractivity contribution is 0.101. The van der Waals surface area contributed by atoms with Gasteiger partial charge in [-0.1, -0.05) is 0 Å². The topological polar surface area (TPSA) is 92.8 Å². The average Bonchev–Trinajstić information content (AvgIpc) is 3.11. The molecule has 0 amide bonds. The predicted octanol–water partition coefficient (Wildman–Crippen LogP) is 5.20. The summed E-state index contributed by atoms with van der Waals surface area (Å²) in [4.78, 5) is 21.0. The van der Waals surface area contributed by atoms with E-state index in [1.54, 1.807) is 31.2 Å². The highest BCUT2D eigenvalue weighted by Gasteiger charge is 2.17. The van der Waals surface area contributed by atoms with Gasteiger partial charge in [-0.05, 0) is 74.4 Å². The molecular weight excluding hydrogens is 390 g/mol. The van der Waals surface area contributed by atoms with Gasteiger partial charge in [0.1, 0.15) is 11.3 Å². The summed E-state index contributed by atoms with van der Waals surface area (Å²) in [5.41, 5.74) is 5.20. The number of aryl methyl sites for hydroxylation is 3. The Morgan fingerprint density at radius 2 is 1.77 bits per heavy atom. The Bertz CT molecular complexity index is 1320. The average molecular weight is 411 g/mol. The number of benzene rings is 2. The molecule has 1 N–H and O–H groups in total. The Kier molecular flexibility index (Phi) is 5.14. The van der Waals surface area contributed by atoms with Gasteiger partial charge in [0.05, 0.1) is 17.1 Å². The Labute approximate surface area is 179 Å². The first-order valence-corrected chi connectivity index (χ1v) is 9.76. The smallest absolute Gasteiger partial charge is 0.249 e. The number of carbonyl (C=O) groups excluding carboxylic acids is 1. The number of hydrogen-bond donors (Lipinski definition) is 1. The van der Waals surface area contributed by atoms with Gasteiger partial charge >= 0.3 is 0 Å². The number of ketones is 1. The Hall–Kier alpha value is -4.18. The van der Waals surface area contributed by atoms with Gasteiger partial charge in [-0.2, -0.15) is 10.2 Å². The molecule has 0 aliphatic carbocycles. The highest BCUT2D eigenvalue weighted by Crippen LogP contribution is 2.34. The van der Waals surface area contributed by atoms with Gasteiger partial charge in [-0.3, -0.25) is 4.79 Å². The van der Waals surface area contributed by atoms with Gasteiger partial charge in [0, 0.05) is 24.5 Å². The zero-order valence-electron chi connectivity index (χ0n) is 17.7. The van der Waals surface area contributed by atoms with Crippen LogP contribution in [0, 0.1) is 25.2 Å². The summed E-state index contributed by atoms with van der Waals surface area (Å²) in [5, 5.41) is 12.1. The predicted molar refractivity (Wildman–Crippen MR) is 119 cm³/mol. The van der Waals surface area contributed by atoms with Gasteiger partial charge in [0.25, 0.3) is 0 Å². The quantitative estimate of drug-likeness (QED) is 0.454. The SMILES string of the molecule is CC(=O)c1cc(C)c(Oc2nc(Nc3ccc(C#N)cc3)nc3ccn(C)c23)c(C)c1. The number of hydrogen-bond acceptors (Lipinski definition) is 6. The van der Waals surface area contributed by atoms with E-state index in [9.17, 15) is 4.79 Å². The summed E-state index contributed by atoms with van der Waals surface area (Å²) >= 11 is 0. The zero-order chi connectivity index (χ0) is 22.1. The second kappa shape index (κ2) is 7.92. The summed E-state index contributed by atoms with van der Waals surface area (Å²) in [6.45, 7) is 5.37. The third-order valence-corrected chi connectivity index (χ3v) is 5.02. The van der Waals surface area contributed by atoms with Crippen molar-refractivity contribution in [1.29, 1.82) is 5.26 Å². The van der Waals surface area contributed by atoms with Crippen molar-refractivity contribution in [3.8, 4) is 17.7 Å². The van der Waals surface area contributed by atoms with Crippen molar-refractivity contribution in [2.75, 3.05) is 5.32 Å². The third-order valence-electron chi connectivity index (χ3n) is 5.02. The molecule has 4 rings (SSSR count). The van der Waals surface area contributed by atoms with Crippen LogP contribution in [0.2, 0.25) is 0 Å². The fraction of sp³-hybridized carbons (Fsp3) is 0.167. The highest BCUT2D eigenvalue weighted by atomic mass is 16.5. The van der Waals surface area contributed by atoms with Crippen LogP contribution >= 0.6 is 0 Å². The summed E-state index contributed by atoms with van der Waals surface area (Å²) in [6.07, 6.45) is 1.90. The van der Waals surface area contributed by atoms with Crippen molar-refractivity contribution in [2.45, 2.75) is 20.8 Å². The molecule has 0 bridgehead atoms. The molecule has 0 unspecified atom stereocenters. The second-order valence-corrected chi connectivity index (χ2v) is 7.42. The van der Waals surface area contributed by atoms with E-state index in [-0.39, 0.29) is 5.78 Å². The first-order valence-electron chi connectivity index (χ1n) is 9.76. The molecule has 0 saturated carbocycles. The largest absolute Gasteiger partial charge is 0.436 e. The van der Waals surface area contributed by atoms with Crippen molar-refractivity contribution in [2.24, 2.45) is 7.05 Å². The number of Topliss-reactive ketones (excluding diaryl/α,β-unsaturated/α-hetero) is 1. The van der Waals surface area contributed by atoms with Gasteiger partial charge in [0.2, 0.25) is 11.8 Å². The first kappa shape index (κ1) is 20.1. The number of aromatic nitrogens is 3. The summed E-state index contributed by atoms with van der Waals surface area (Å²) in [5.74, 6) is 1.47. The Morgan fingerprint density at radius 3 is 2.39 bits per heavy atom. The van der Waals surface area contributed by atoms with Crippen molar-refractivity contribution < 1.29 is 9.53 Å². The molecule has 0 aliphatic heterocycles. The molecule has 2 aromatic heterocycles.